The van der Waals surface area contributed by atoms with Crippen LogP contribution in [0, 0.1) is 18.8 Å². The molecule has 166 valence electrons. The molecular weight excluding hydrogens is 400 g/mol. The third-order valence-corrected chi connectivity index (χ3v) is 6.03. The minimum Gasteiger partial charge on any atom is -0.354 e. The molecule has 3 aromatic rings. The van der Waals surface area contributed by atoms with Crippen molar-refractivity contribution < 1.29 is 9.59 Å². The van der Waals surface area contributed by atoms with Crippen molar-refractivity contribution >= 4 is 11.8 Å². The van der Waals surface area contributed by atoms with E-state index >= 15 is 0 Å². The van der Waals surface area contributed by atoms with Crippen LogP contribution >= 0.6 is 0 Å². The van der Waals surface area contributed by atoms with Crippen molar-refractivity contribution in [2.45, 2.75) is 26.8 Å². The highest BCUT2D eigenvalue weighted by Crippen LogP contribution is 2.22. The molecule has 1 aromatic heterocycles. The first-order chi connectivity index (χ1) is 15.5. The maximum absolute atomic E-state index is 13.1. The molecule has 0 bridgehead atoms. The normalized spacial score (nSPS) is 17.5. The molecule has 32 heavy (non-hydrogen) atoms. The Hall–Kier alpha value is -3.41. The lowest BCUT2D eigenvalue weighted by molar-refractivity contribution is -0.136. The van der Waals surface area contributed by atoms with Gasteiger partial charge < -0.3 is 10.2 Å². The highest BCUT2D eigenvalue weighted by atomic mass is 16.2. The van der Waals surface area contributed by atoms with Gasteiger partial charge in [0.1, 0.15) is 0 Å². The molecule has 0 saturated carbocycles. The highest BCUT2D eigenvalue weighted by molar-refractivity contribution is 5.83. The lowest BCUT2D eigenvalue weighted by Crippen LogP contribution is -2.41. The third kappa shape index (κ3) is 5.25. The zero-order chi connectivity index (χ0) is 22.5. The van der Waals surface area contributed by atoms with Gasteiger partial charge in [-0.3, -0.25) is 14.3 Å². The Morgan fingerprint density at radius 1 is 1.16 bits per heavy atom. The number of amides is 2. The smallest absolute Gasteiger partial charge is 0.227 e. The zero-order valence-electron chi connectivity index (χ0n) is 18.7. The second kappa shape index (κ2) is 9.81. The fraction of sp³-hybridized carbons (Fsp3) is 0.346. The molecule has 4 rings (SSSR count). The number of carbonyl (C=O) groups excluding carboxylic acids is 2. The van der Waals surface area contributed by atoms with Crippen LogP contribution in [0.3, 0.4) is 0 Å². The molecular formula is C26H30N4O2. The Labute approximate surface area is 189 Å². The van der Waals surface area contributed by atoms with Gasteiger partial charge >= 0.3 is 0 Å². The van der Waals surface area contributed by atoms with Crippen LogP contribution in [-0.4, -0.2) is 46.1 Å². The second-order valence-corrected chi connectivity index (χ2v) is 8.67. The van der Waals surface area contributed by atoms with Crippen LogP contribution in [0.4, 0.5) is 0 Å². The van der Waals surface area contributed by atoms with Crippen molar-refractivity contribution in [1.29, 1.82) is 0 Å². The van der Waals surface area contributed by atoms with Gasteiger partial charge in [0, 0.05) is 32.0 Å². The van der Waals surface area contributed by atoms with Gasteiger partial charge in [0.15, 0.2) is 0 Å². The van der Waals surface area contributed by atoms with Gasteiger partial charge in [0.2, 0.25) is 11.8 Å². The first-order valence-electron chi connectivity index (χ1n) is 11.2. The molecule has 0 radical (unpaired) electrons. The number of hydrogen-bond acceptors (Lipinski definition) is 3. The number of aryl methyl sites for hydroxylation is 1. The van der Waals surface area contributed by atoms with Gasteiger partial charge in [-0.05, 0) is 36.1 Å². The lowest BCUT2D eigenvalue weighted by atomic mass is 9.95. The summed E-state index contributed by atoms with van der Waals surface area (Å²) >= 11 is 0. The molecule has 1 fully saturated rings. The molecule has 0 spiro atoms. The number of benzene rings is 2. The Kier molecular flexibility index (Phi) is 6.69. The van der Waals surface area contributed by atoms with E-state index in [9.17, 15) is 9.59 Å². The molecule has 1 aliphatic heterocycles. The summed E-state index contributed by atoms with van der Waals surface area (Å²) < 4.78 is 1.77. The molecule has 2 amide bonds. The fourth-order valence-corrected chi connectivity index (χ4v) is 4.28. The van der Waals surface area contributed by atoms with Crippen LogP contribution in [0.2, 0.25) is 0 Å². The highest BCUT2D eigenvalue weighted by Gasteiger charge is 2.30. The summed E-state index contributed by atoms with van der Waals surface area (Å²) in [5.74, 6) is -0.375. The van der Waals surface area contributed by atoms with E-state index in [1.165, 1.54) is 11.1 Å². The summed E-state index contributed by atoms with van der Waals surface area (Å²) in [4.78, 5) is 27.6. The number of rotatable bonds is 6. The Morgan fingerprint density at radius 3 is 2.69 bits per heavy atom. The molecule has 6 nitrogen and oxygen atoms in total. The van der Waals surface area contributed by atoms with Crippen molar-refractivity contribution in [1.82, 2.24) is 20.0 Å². The van der Waals surface area contributed by atoms with Crippen molar-refractivity contribution in [3.63, 3.8) is 0 Å². The molecule has 2 atom stereocenters. The van der Waals surface area contributed by atoms with Crippen molar-refractivity contribution in [3.05, 3.63) is 78.1 Å². The van der Waals surface area contributed by atoms with Gasteiger partial charge in [0.05, 0.1) is 18.4 Å². The molecule has 0 unspecified atom stereocenters. The molecule has 1 saturated heterocycles. The summed E-state index contributed by atoms with van der Waals surface area (Å²) in [7, 11) is 0. The fourth-order valence-electron chi connectivity index (χ4n) is 4.28. The van der Waals surface area contributed by atoms with E-state index in [-0.39, 0.29) is 23.7 Å². The summed E-state index contributed by atoms with van der Waals surface area (Å²) in [5.41, 5.74) is 4.67. The quantitative estimate of drug-likeness (QED) is 0.652. The standard InChI is InChI=1S/C26H30N4O2/c1-19-5-3-6-23(15-19)22-9-7-21(8-10-22)16-24-18-29(14-12-27-25(24)31)26(32)20(2)17-30-13-4-11-28-30/h3-11,13,15,20,24H,12,14,16-18H2,1-2H3,(H,27,31)/t20-,24+/m0/s1. The van der Waals surface area contributed by atoms with Crippen molar-refractivity contribution in [2.75, 3.05) is 19.6 Å². The van der Waals surface area contributed by atoms with Gasteiger partial charge in [-0.2, -0.15) is 5.10 Å². The number of nitrogens with one attached hydrogen (secondary N) is 1. The summed E-state index contributed by atoms with van der Waals surface area (Å²) in [5, 5.41) is 7.18. The molecule has 2 aromatic carbocycles. The average Bonchev–Trinajstić information content (AvgIpc) is 3.23. The maximum atomic E-state index is 13.1. The summed E-state index contributed by atoms with van der Waals surface area (Å²) in [6, 6.07) is 18.7. The van der Waals surface area contributed by atoms with E-state index in [0.717, 1.165) is 11.1 Å². The molecule has 1 N–H and O–H groups in total. The van der Waals surface area contributed by atoms with E-state index in [2.05, 4.69) is 65.9 Å². The van der Waals surface area contributed by atoms with Gasteiger partial charge in [-0.15, -0.1) is 0 Å². The summed E-state index contributed by atoms with van der Waals surface area (Å²) in [6.07, 6.45) is 4.18. The predicted molar refractivity (Wildman–Crippen MR) is 125 cm³/mol. The minimum atomic E-state index is -0.261. The largest absolute Gasteiger partial charge is 0.354 e. The van der Waals surface area contributed by atoms with Crippen LogP contribution < -0.4 is 5.32 Å². The zero-order valence-corrected chi connectivity index (χ0v) is 18.7. The van der Waals surface area contributed by atoms with Crippen LogP contribution in [0.1, 0.15) is 18.1 Å². The third-order valence-electron chi connectivity index (χ3n) is 6.03. The number of aromatic nitrogens is 2. The minimum absolute atomic E-state index is 0.0165. The second-order valence-electron chi connectivity index (χ2n) is 8.67. The molecule has 2 heterocycles. The van der Waals surface area contributed by atoms with E-state index in [4.69, 9.17) is 0 Å². The van der Waals surface area contributed by atoms with Crippen LogP contribution in [0.15, 0.2) is 67.0 Å². The van der Waals surface area contributed by atoms with Gasteiger partial charge in [0.25, 0.3) is 0 Å². The Balaban J connectivity index is 1.42. The van der Waals surface area contributed by atoms with Crippen LogP contribution in [-0.2, 0) is 22.6 Å². The first-order valence-corrected chi connectivity index (χ1v) is 11.2. The van der Waals surface area contributed by atoms with Crippen LogP contribution in [0.25, 0.3) is 11.1 Å². The van der Waals surface area contributed by atoms with E-state index in [1.54, 1.807) is 10.9 Å². The number of hydrogen-bond donors (Lipinski definition) is 1. The lowest BCUT2D eigenvalue weighted by Gasteiger charge is -2.26. The van der Waals surface area contributed by atoms with Gasteiger partial charge in [-0.25, -0.2) is 0 Å². The van der Waals surface area contributed by atoms with Crippen LogP contribution in [0.5, 0.6) is 0 Å². The van der Waals surface area contributed by atoms with Crippen molar-refractivity contribution in [2.24, 2.45) is 11.8 Å². The Bertz CT molecular complexity index is 1060. The average molecular weight is 431 g/mol. The monoisotopic (exact) mass is 430 g/mol. The first kappa shape index (κ1) is 21.8. The van der Waals surface area contributed by atoms with Gasteiger partial charge in [-0.1, -0.05) is 61.0 Å². The molecule has 6 heteroatoms. The maximum Gasteiger partial charge on any atom is 0.227 e. The summed E-state index contributed by atoms with van der Waals surface area (Å²) in [6.45, 7) is 6.01. The Morgan fingerprint density at radius 2 is 1.97 bits per heavy atom. The number of carbonyl (C=O) groups is 2. The predicted octanol–water partition coefficient (Wildman–Crippen LogP) is 3.31. The van der Waals surface area contributed by atoms with E-state index < -0.39 is 0 Å². The molecule has 0 aliphatic carbocycles. The SMILES string of the molecule is Cc1cccc(-c2ccc(C[C@@H]3CN(C(=O)[C@@H](C)Cn4cccn4)CCNC3=O)cc2)c1. The van der Waals surface area contributed by atoms with Crippen molar-refractivity contribution in [3.8, 4) is 11.1 Å². The van der Waals surface area contributed by atoms with E-state index in [0.29, 0.717) is 32.6 Å². The molecule has 1 aliphatic rings. The number of nitrogens with zero attached hydrogens (tertiary/aromatic N) is 3. The van der Waals surface area contributed by atoms with E-state index in [1.807, 2.05) is 24.1 Å². The topological polar surface area (TPSA) is 67.2 Å².